The normalized spacial score (nSPS) is 10.4. The molecule has 0 unspecified atom stereocenters. The van der Waals surface area contributed by atoms with Crippen molar-refractivity contribution in [3.63, 3.8) is 0 Å². The number of aryl methyl sites for hydroxylation is 1. The van der Waals surface area contributed by atoms with E-state index in [9.17, 15) is 0 Å². The van der Waals surface area contributed by atoms with E-state index in [1.54, 1.807) is 16.8 Å². The molecule has 0 bridgehead atoms. The predicted octanol–water partition coefficient (Wildman–Crippen LogP) is 1.54. The lowest BCUT2D eigenvalue weighted by Crippen LogP contribution is -2.01. The number of rotatable bonds is 2. The molecule has 0 atom stereocenters. The molecule has 0 aliphatic carbocycles. The van der Waals surface area contributed by atoms with Crippen LogP contribution in [0.2, 0.25) is 0 Å². The van der Waals surface area contributed by atoms with Crippen molar-refractivity contribution in [3.05, 3.63) is 36.4 Å². The van der Waals surface area contributed by atoms with Gasteiger partial charge >= 0.3 is 0 Å². The zero-order chi connectivity index (χ0) is 9.97. The Morgan fingerprint density at radius 2 is 2.00 bits per heavy atom. The monoisotopic (exact) mass is 189 g/mol. The third-order valence-corrected chi connectivity index (χ3v) is 2.03. The van der Waals surface area contributed by atoms with Crippen LogP contribution >= 0.6 is 0 Å². The summed E-state index contributed by atoms with van der Waals surface area (Å²) in [5.41, 5.74) is 0.914. The molecule has 0 saturated carbocycles. The third kappa shape index (κ3) is 1.46. The van der Waals surface area contributed by atoms with Crippen molar-refractivity contribution in [1.29, 1.82) is 0 Å². The third-order valence-electron chi connectivity index (χ3n) is 2.03. The molecule has 1 aromatic heterocycles. The van der Waals surface area contributed by atoms with Gasteiger partial charge < -0.3 is 5.11 Å². The summed E-state index contributed by atoms with van der Waals surface area (Å²) in [6.07, 6.45) is 2.37. The molecule has 0 fully saturated rings. The maximum absolute atomic E-state index is 9.14. The van der Waals surface area contributed by atoms with Crippen LogP contribution in [0.25, 0.3) is 5.69 Å². The van der Waals surface area contributed by atoms with Crippen molar-refractivity contribution < 1.29 is 5.11 Å². The molecule has 0 spiro atoms. The van der Waals surface area contributed by atoms with Crippen molar-refractivity contribution in [2.75, 3.05) is 0 Å². The Balaban J connectivity index is 2.44. The summed E-state index contributed by atoms with van der Waals surface area (Å²) in [5, 5.41) is 13.2. The van der Waals surface area contributed by atoms with E-state index in [4.69, 9.17) is 5.11 Å². The van der Waals surface area contributed by atoms with Crippen LogP contribution in [0.5, 0.6) is 5.75 Å². The molecule has 0 aliphatic rings. The van der Waals surface area contributed by atoms with Gasteiger partial charge in [-0.25, -0.2) is 9.67 Å². The highest BCUT2D eigenvalue weighted by Crippen LogP contribution is 2.13. The molecule has 2 aromatic rings. The van der Waals surface area contributed by atoms with Crippen molar-refractivity contribution >= 4 is 0 Å². The predicted molar refractivity (Wildman–Crippen MR) is 52.4 cm³/mol. The van der Waals surface area contributed by atoms with Gasteiger partial charge in [-0.05, 0) is 24.3 Å². The Morgan fingerprint density at radius 1 is 1.29 bits per heavy atom. The lowest BCUT2D eigenvalue weighted by Gasteiger charge is -2.03. The number of nitrogens with zero attached hydrogens (tertiary/aromatic N) is 3. The highest BCUT2D eigenvalue weighted by molar-refractivity contribution is 5.36. The second-order valence-corrected chi connectivity index (χ2v) is 2.96. The second kappa shape index (κ2) is 3.49. The van der Waals surface area contributed by atoms with Gasteiger partial charge in [-0.3, -0.25) is 0 Å². The van der Waals surface area contributed by atoms with Crippen LogP contribution in [-0.4, -0.2) is 19.9 Å². The minimum absolute atomic E-state index is 0.256. The average molecular weight is 189 g/mol. The summed E-state index contributed by atoms with van der Waals surface area (Å²) < 4.78 is 1.76. The fourth-order valence-corrected chi connectivity index (χ4v) is 1.32. The Bertz CT molecular complexity index is 419. The summed E-state index contributed by atoms with van der Waals surface area (Å²) >= 11 is 0. The number of phenolic OH excluding ortho intramolecular Hbond substituents is 1. The summed E-state index contributed by atoms with van der Waals surface area (Å²) in [4.78, 5) is 4.12. The van der Waals surface area contributed by atoms with E-state index in [1.807, 2.05) is 19.1 Å². The molecule has 1 aromatic carbocycles. The van der Waals surface area contributed by atoms with Gasteiger partial charge in [0.25, 0.3) is 0 Å². The van der Waals surface area contributed by atoms with E-state index in [0.717, 1.165) is 17.9 Å². The Morgan fingerprint density at radius 3 is 2.64 bits per heavy atom. The fraction of sp³-hybridized carbons (Fsp3) is 0.200. The topological polar surface area (TPSA) is 50.9 Å². The molecule has 72 valence electrons. The summed E-state index contributed by atoms with van der Waals surface area (Å²) in [6, 6.07) is 6.89. The van der Waals surface area contributed by atoms with Crippen molar-refractivity contribution in [1.82, 2.24) is 14.8 Å². The van der Waals surface area contributed by atoms with Crippen molar-refractivity contribution in [2.45, 2.75) is 13.3 Å². The highest BCUT2D eigenvalue weighted by atomic mass is 16.3. The quantitative estimate of drug-likeness (QED) is 0.779. The van der Waals surface area contributed by atoms with Gasteiger partial charge in [-0.2, -0.15) is 5.10 Å². The number of hydrogen-bond acceptors (Lipinski definition) is 3. The van der Waals surface area contributed by atoms with Gasteiger partial charge in [0, 0.05) is 6.42 Å². The summed E-state index contributed by atoms with van der Waals surface area (Å²) in [6.45, 7) is 2.03. The van der Waals surface area contributed by atoms with Gasteiger partial charge in [0.2, 0.25) is 0 Å². The van der Waals surface area contributed by atoms with Gasteiger partial charge in [0.15, 0.2) is 0 Å². The van der Waals surface area contributed by atoms with Crippen LogP contribution in [-0.2, 0) is 6.42 Å². The zero-order valence-corrected chi connectivity index (χ0v) is 7.88. The van der Waals surface area contributed by atoms with Crippen molar-refractivity contribution in [2.24, 2.45) is 0 Å². The first-order chi connectivity index (χ1) is 6.81. The number of benzene rings is 1. The van der Waals surface area contributed by atoms with E-state index in [0.29, 0.717) is 0 Å². The second-order valence-electron chi connectivity index (χ2n) is 2.96. The molecular formula is C10H11N3O. The molecule has 4 nitrogen and oxygen atoms in total. The minimum Gasteiger partial charge on any atom is -0.508 e. The fourth-order valence-electron chi connectivity index (χ4n) is 1.32. The molecule has 0 radical (unpaired) electrons. The number of aromatic hydroxyl groups is 1. The van der Waals surface area contributed by atoms with Gasteiger partial charge in [-0.15, -0.1) is 0 Å². The largest absolute Gasteiger partial charge is 0.508 e. The molecule has 2 rings (SSSR count). The molecule has 0 aliphatic heterocycles. The molecule has 14 heavy (non-hydrogen) atoms. The van der Waals surface area contributed by atoms with Crippen LogP contribution in [0.15, 0.2) is 30.6 Å². The Hall–Kier alpha value is -1.84. The van der Waals surface area contributed by atoms with Crippen LogP contribution in [0, 0.1) is 0 Å². The number of aromatic nitrogens is 3. The molecular weight excluding hydrogens is 178 g/mol. The lowest BCUT2D eigenvalue weighted by atomic mass is 10.3. The van der Waals surface area contributed by atoms with Crippen molar-refractivity contribution in [3.8, 4) is 11.4 Å². The number of hydrogen-bond donors (Lipinski definition) is 1. The smallest absolute Gasteiger partial charge is 0.138 e. The van der Waals surface area contributed by atoms with Crippen LogP contribution in [0.4, 0.5) is 0 Å². The van der Waals surface area contributed by atoms with E-state index < -0.39 is 0 Å². The Kier molecular flexibility index (Phi) is 2.18. The summed E-state index contributed by atoms with van der Waals surface area (Å²) in [7, 11) is 0. The van der Waals surface area contributed by atoms with E-state index in [-0.39, 0.29) is 5.75 Å². The molecule has 0 amide bonds. The zero-order valence-electron chi connectivity index (χ0n) is 7.88. The molecule has 4 heteroatoms. The maximum atomic E-state index is 9.14. The average Bonchev–Trinajstić information content (AvgIpc) is 2.67. The highest BCUT2D eigenvalue weighted by Gasteiger charge is 2.03. The van der Waals surface area contributed by atoms with E-state index >= 15 is 0 Å². The standard InChI is InChI=1S/C10H11N3O/c1-2-10-11-7-12-13(10)8-3-5-9(14)6-4-8/h3-7,14H,2H2,1H3. The SMILES string of the molecule is CCc1ncnn1-c1ccc(O)cc1. The molecule has 0 saturated heterocycles. The molecule has 1 N–H and O–H groups in total. The van der Waals surface area contributed by atoms with Gasteiger partial charge in [-0.1, -0.05) is 6.92 Å². The minimum atomic E-state index is 0.256. The maximum Gasteiger partial charge on any atom is 0.138 e. The van der Waals surface area contributed by atoms with Gasteiger partial charge in [0.1, 0.15) is 17.9 Å². The lowest BCUT2D eigenvalue weighted by molar-refractivity contribution is 0.475. The number of phenols is 1. The van der Waals surface area contributed by atoms with Gasteiger partial charge in [0.05, 0.1) is 5.69 Å². The van der Waals surface area contributed by atoms with E-state index in [1.165, 1.54) is 6.33 Å². The van der Waals surface area contributed by atoms with E-state index in [2.05, 4.69) is 10.1 Å². The first-order valence-electron chi connectivity index (χ1n) is 4.49. The van der Waals surface area contributed by atoms with Crippen LogP contribution in [0.3, 0.4) is 0 Å². The Labute approximate surface area is 81.8 Å². The first-order valence-corrected chi connectivity index (χ1v) is 4.49. The molecule has 1 heterocycles. The van der Waals surface area contributed by atoms with Crippen LogP contribution in [0.1, 0.15) is 12.7 Å². The first kappa shape index (κ1) is 8.74. The summed E-state index contributed by atoms with van der Waals surface area (Å²) in [5.74, 6) is 1.17. The van der Waals surface area contributed by atoms with Crippen LogP contribution < -0.4 is 0 Å².